The Morgan fingerprint density at radius 2 is 1.06 bits per heavy atom. The molecule has 0 atom stereocenters. The van der Waals surface area contributed by atoms with Crippen LogP contribution in [0, 0.1) is 0 Å². The average Bonchev–Trinajstić information content (AvgIpc) is 3.31. The fourth-order valence-electron chi connectivity index (χ4n) is 5.08. The lowest BCUT2D eigenvalue weighted by molar-refractivity contribution is 0.669. The van der Waals surface area contributed by atoms with Crippen molar-refractivity contribution >= 4 is 49.8 Å². The van der Waals surface area contributed by atoms with Crippen molar-refractivity contribution in [2.45, 2.75) is 0 Å². The number of hydrogen-bond donors (Lipinski definition) is 0. The van der Waals surface area contributed by atoms with Crippen molar-refractivity contribution in [1.29, 1.82) is 0 Å². The van der Waals surface area contributed by atoms with Gasteiger partial charge in [-0.3, -0.25) is 0 Å². The van der Waals surface area contributed by atoms with E-state index >= 15 is 0 Å². The number of benzene rings is 6. The van der Waals surface area contributed by atoms with Crippen molar-refractivity contribution in [2.75, 3.05) is 4.90 Å². The Labute approximate surface area is 209 Å². The Balaban J connectivity index is 1.43. The standard InChI is InChI=1S/C34H23NO/c1-3-10-24(11-4-1)25-18-20-29(21-19-25)35(28-14-5-2-6-15-28)32-17-9-16-30-31-22-26-12-7-8-13-27(26)23-33(31)36-34(30)32/h1-23H. The van der Waals surface area contributed by atoms with E-state index in [4.69, 9.17) is 4.42 Å². The van der Waals surface area contributed by atoms with Crippen LogP contribution in [0.2, 0.25) is 0 Å². The first kappa shape index (κ1) is 20.5. The van der Waals surface area contributed by atoms with E-state index in [0.717, 1.165) is 39.0 Å². The number of hydrogen-bond acceptors (Lipinski definition) is 2. The Morgan fingerprint density at radius 3 is 1.81 bits per heavy atom. The Morgan fingerprint density at radius 1 is 0.444 bits per heavy atom. The van der Waals surface area contributed by atoms with Gasteiger partial charge in [-0.05, 0) is 64.4 Å². The number of anilines is 3. The molecular formula is C34H23NO. The molecule has 0 N–H and O–H groups in total. The van der Waals surface area contributed by atoms with Crippen LogP contribution in [0.4, 0.5) is 17.1 Å². The Bertz CT molecular complexity index is 1820. The second-order valence-corrected chi connectivity index (χ2v) is 9.04. The molecular weight excluding hydrogens is 438 g/mol. The summed E-state index contributed by atoms with van der Waals surface area (Å²) in [7, 11) is 0. The topological polar surface area (TPSA) is 16.4 Å². The van der Waals surface area contributed by atoms with E-state index in [2.05, 4.69) is 132 Å². The minimum Gasteiger partial charge on any atom is -0.454 e. The number of para-hydroxylation sites is 2. The lowest BCUT2D eigenvalue weighted by atomic mass is 10.0. The highest BCUT2D eigenvalue weighted by atomic mass is 16.3. The molecule has 0 aliphatic rings. The van der Waals surface area contributed by atoms with Crippen LogP contribution in [0.25, 0.3) is 43.8 Å². The van der Waals surface area contributed by atoms with E-state index in [-0.39, 0.29) is 0 Å². The van der Waals surface area contributed by atoms with Crippen LogP contribution in [-0.4, -0.2) is 0 Å². The van der Waals surface area contributed by atoms with Crippen LogP contribution in [-0.2, 0) is 0 Å². The first-order chi connectivity index (χ1) is 17.8. The van der Waals surface area contributed by atoms with Crippen molar-refractivity contribution in [3.05, 3.63) is 140 Å². The van der Waals surface area contributed by atoms with Crippen molar-refractivity contribution in [2.24, 2.45) is 0 Å². The highest BCUT2D eigenvalue weighted by Gasteiger charge is 2.19. The van der Waals surface area contributed by atoms with Crippen LogP contribution in [0.1, 0.15) is 0 Å². The Hall–Kier alpha value is -4.82. The monoisotopic (exact) mass is 461 g/mol. The Kier molecular flexibility index (Phi) is 4.82. The minimum atomic E-state index is 0.888. The molecule has 0 aliphatic carbocycles. The summed E-state index contributed by atoms with van der Waals surface area (Å²) in [5.74, 6) is 0. The van der Waals surface area contributed by atoms with Gasteiger partial charge in [-0.2, -0.15) is 0 Å². The number of rotatable bonds is 4. The van der Waals surface area contributed by atoms with Crippen molar-refractivity contribution in [1.82, 2.24) is 0 Å². The molecule has 0 saturated heterocycles. The summed E-state index contributed by atoms with van der Waals surface area (Å²) in [5, 5.41) is 4.66. The molecule has 6 aromatic carbocycles. The zero-order chi connectivity index (χ0) is 23.9. The van der Waals surface area contributed by atoms with Crippen LogP contribution >= 0.6 is 0 Å². The molecule has 0 aliphatic heterocycles. The summed E-state index contributed by atoms with van der Waals surface area (Å²) >= 11 is 0. The quantitative estimate of drug-likeness (QED) is 0.259. The predicted molar refractivity (Wildman–Crippen MR) is 151 cm³/mol. The molecule has 7 rings (SSSR count). The van der Waals surface area contributed by atoms with Gasteiger partial charge >= 0.3 is 0 Å². The van der Waals surface area contributed by atoms with E-state index in [0.29, 0.717) is 0 Å². The predicted octanol–water partition coefficient (Wildman–Crippen LogP) is 9.88. The van der Waals surface area contributed by atoms with Crippen LogP contribution in [0.3, 0.4) is 0 Å². The van der Waals surface area contributed by atoms with Gasteiger partial charge in [-0.25, -0.2) is 0 Å². The van der Waals surface area contributed by atoms with Gasteiger partial charge in [-0.15, -0.1) is 0 Å². The van der Waals surface area contributed by atoms with Crippen LogP contribution < -0.4 is 4.90 Å². The summed E-state index contributed by atoms with van der Waals surface area (Å²) in [6.45, 7) is 0. The molecule has 0 amide bonds. The lowest BCUT2D eigenvalue weighted by Gasteiger charge is -2.25. The molecule has 36 heavy (non-hydrogen) atoms. The zero-order valence-electron chi connectivity index (χ0n) is 19.6. The first-order valence-electron chi connectivity index (χ1n) is 12.2. The maximum atomic E-state index is 6.57. The third-order valence-corrected chi connectivity index (χ3v) is 6.83. The van der Waals surface area contributed by atoms with Crippen LogP contribution in [0.15, 0.2) is 144 Å². The first-order valence-corrected chi connectivity index (χ1v) is 12.2. The van der Waals surface area contributed by atoms with Gasteiger partial charge in [0, 0.05) is 22.1 Å². The number of fused-ring (bicyclic) bond motifs is 4. The molecule has 0 saturated carbocycles. The normalized spacial score (nSPS) is 11.3. The molecule has 1 aromatic heterocycles. The van der Waals surface area contributed by atoms with E-state index in [9.17, 15) is 0 Å². The molecule has 0 bridgehead atoms. The smallest absolute Gasteiger partial charge is 0.159 e. The highest BCUT2D eigenvalue weighted by molar-refractivity contribution is 6.13. The van der Waals surface area contributed by atoms with Gasteiger partial charge in [0.15, 0.2) is 5.58 Å². The molecule has 2 nitrogen and oxygen atoms in total. The molecule has 0 radical (unpaired) electrons. The van der Waals surface area contributed by atoms with Gasteiger partial charge in [0.1, 0.15) is 5.58 Å². The highest BCUT2D eigenvalue weighted by Crippen LogP contribution is 2.42. The number of nitrogens with zero attached hydrogens (tertiary/aromatic N) is 1. The lowest BCUT2D eigenvalue weighted by Crippen LogP contribution is -2.10. The van der Waals surface area contributed by atoms with Gasteiger partial charge < -0.3 is 9.32 Å². The summed E-state index contributed by atoms with van der Waals surface area (Å²) in [6.07, 6.45) is 0. The van der Waals surface area contributed by atoms with Gasteiger partial charge in [-0.1, -0.05) is 97.1 Å². The fraction of sp³-hybridized carbons (Fsp3) is 0. The molecule has 0 spiro atoms. The summed E-state index contributed by atoms with van der Waals surface area (Å²) < 4.78 is 6.57. The maximum Gasteiger partial charge on any atom is 0.159 e. The third kappa shape index (κ3) is 3.43. The summed E-state index contributed by atoms with van der Waals surface area (Å²) in [5.41, 5.74) is 7.39. The van der Waals surface area contributed by atoms with Crippen molar-refractivity contribution < 1.29 is 4.42 Å². The minimum absolute atomic E-state index is 0.888. The second-order valence-electron chi connectivity index (χ2n) is 9.04. The fourth-order valence-corrected chi connectivity index (χ4v) is 5.08. The van der Waals surface area contributed by atoms with Gasteiger partial charge in [0.2, 0.25) is 0 Å². The van der Waals surface area contributed by atoms with E-state index in [1.165, 1.54) is 21.9 Å². The van der Waals surface area contributed by atoms with Gasteiger partial charge in [0.25, 0.3) is 0 Å². The third-order valence-electron chi connectivity index (χ3n) is 6.83. The molecule has 2 heteroatoms. The average molecular weight is 462 g/mol. The molecule has 0 unspecified atom stereocenters. The second kappa shape index (κ2) is 8.44. The molecule has 7 aromatic rings. The van der Waals surface area contributed by atoms with E-state index in [1.54, 1.807) is 0 Å². The SMILES string of the molecule is c1ccc(-c2ccc(N(c3ccccc3)c3cccc4c3oc3cc5ccccc5cc34)cc2)cc1. The largest absolute Gasteiger partial charge is 0.454 e. The molecule has 1 heterocycles. The molecule has 0 fully saturated rings. The summed E-state index contributed by atoms with van der Waals surface area (Å²) in [4.78, 5) is 2.28. The summed E-state index contributed by atoms with van der Waals surface area (Å²) in [6, 6.07) is 48.9. The van der Waals surface area contributed by atoms with Crippen molar-refractivity contribution in [3.8, 4) is 11.1 Å². The maximum absolute atomic E-state index is 6.57. The zero-order valence-corrected chi connectivity index (χ0v) is 19.6. The number of furan rings is 1. The van der Waals surface area contributed by atoms with E-state index in [1.807, 2.05) is 12.1 Å². The van der Waals surface area contributed by atoms with E-state index < -0.39 is 0 Å². The van der Waals surface area contributed by atoms with Crippen LogP contribution in [0.5, 0.6) is 0 Å². The van der Waals surface area contributed by atoms with Gasteiger partial charge in [0.05, 0.1) is 5.69 Å². The van der Waals surface area contributed by atoms with Crippen molar-refractivity contribution in [3.63, 3.8) is 0 Å². The molecule has 170 valence electrons.